The van der Waals surface area contributed by atoms with Gasteiger partial charge in [0.2, 0.25) is 0 Å². The number of hydrogen-bond donors (Lipinski definition) is 0. The predicted molar refractivity (Wildman–Crippen MR) is 75.7 cm³/mol. The number of rotatable bonds is 1. The molecular weight excluding hydrogens is 280 g/mol. The minimum atomic E-state index is 0.865. The fourth-order valence-electron chi connectivity index (χ4n) is 2.87. The van der Waals surface area contributed by atoms with Crippen molar-refractivity contribution in [3.05, 3.63) is 33.2 Å². The second-order valence-corrected chi connectivity index (χ2v) is 7.29. The number of halogens is 1. The molecule has 3 rings (SSSR count). The van der Waals surface area contributed by atoms with E-state index in [1.807, 2.05) is 0 Å². The van der Waals surface area contributed by atoms with Gasteiger partial charge in [0.05, 0.1) is 0 Å². The summed E-state index contributed by atoms with van der Waals surface area (Å²) in [5.74, 6) is 0.908. The third-order valence-corrected chi connectivity index (χ3v) is 6.18. The van der Waals surface area contributed by atoms with Gasteiger partial charge in [0.1, 0.15) is 0 Å². The van der Waals surface area contributed by atoms with Crippen molar-refractivity contribution in [1.29, 1.82) is 0 Å². The first kappa shape index (κ1) is 11.2. The summed E-state index contributed by atoms with van der Waals surface area (Å²) in [4.78, 5) is 1.70. The van der Waals surface area contributed by atoms with E-state index in [0.29, 0.717) is 0 Å². The highest BCUT2D eigenvalue weighted by atomic mass is 79.9. The van der Waals surface area contributed by atoms with E-state index >= 15 is 0 Å². The van der Waals surface area contributed by atoms with Crippen LogP contribution in [0.15, 0.2) is 33.2 Å². The Balaban J connectivity index is 1.65. The topological polar surface area (TPSA) is 0 Å². The highest BCUT2D eigenvalue weighted by Crippen LogP contribution is 2.48. The highest BCUT2D eigenvalue weighted by Gasteiger charge is 2.31. The highest BCUT2D eigenvalue weighted by molar-refractivity contribution is 9.11. The van der Waals surface area contributed by atoms with Crippen LogP contribution in [0.25, 0.3) is 0 Å². The Hall–Kier alpha value is 0.0500. The molecule has 0 saturated heterocycles. The monoisotopic (exact) mass is 296 g/mol. The van der Waals surface area contributed by atoms with E-state index in [-0.39, 0.29) is 0 Å². The molecule has 2 unspecified atom stereocenters. The maximum Gasteiger partial charge on any atom is 0.0163 e. The first-order valence-electron chi connectivity index (χ1n) is 6.22. The SMILES string of the molecule is BrC1=CCC(C2CC3=C(CCC=C3)S2)CC1. The van der Waals surface area contributed by atoms with E-state index in [1.54, 1.807) is 10.5 Å². The van der Waals surface area contributed by atoms with Crippen molar-refractivity contribution in [2.24, 2.45) is 5.92 Å². The molecule has 16 heavy (non-hydrogen) atoms. The molecule has 0 aromatic carbocycles. The van der Waals surface area contributed by atoms with Gasteiger partial charge in [-0.1, -0.05) is 34.2 Å². The van der Waals surface area contributed by atoms with Crippen LogP contribution in [0.1, 0.15) is 38.5 Å². The molecular formula is C14H17BrS. The Kier molecular flexibility index (Phi) is 3.30. The summed E-state index contributed by atoms with van der Waals surface area (Å²) in [5.41, 5.74) is 1.65. The minimum Gasteiger partial charge on any atom is -0.126 e. The molecule has 2 aliphatic carbocycles. The molecule has 0 radical (unpaired) electrons. The summed E-state index contributed by atoms with van der Waals surface area (Å²) >= 11 is 5.80. The van der Waals surface area contributed by atoms with Gasteiger partial charge in [-0.2, -0.15) is 0 Å². The normalized spacial score (nSPS) is 33.9. The third-order valence-electron chi connectivity index (χ3n) is 3.85. The van der Waals surface area contributed by atoms with Crippen molar-refractivity contribution < 1.29 is 0 Å². The van der Waals surface area contributed by atoms with Crippen molar-refractivity contribution in [2.75, 3.05) is 0 Å². The Morgan fingerprint density at radius 2 is 2.25 bits per heavy atom. The Morgan fingerprint density at radius 3 is 3.00 bits per heavy atom. The predicted octanol–water partition coefficient (Wildman–Crippen LogP) is 5.17. The smallest absolute Gasteiger partial charge is 0.0163 e. The summed E-state index contributed by atoms with van der Waals surface area (Å²) in [6, 6.07) is 0. The summed E-state index contributed by atoms with van der Waals surface area (Å²) in [5, 5.41) is 0.865. The van der Waals surface area contributed by atoms with Crippen molar-refractivity contribution in [2.45, 2.75) is 43.8 Å². The van der Waals surface area contributed by atoms with Gasteiger partial charge in [0.15, 0.2) is 0 Å². The van der Waals surface area contributed by atoms with Gasteiger partial charge >= 0.3 is 0 Å². The molecule has 0 aromatic rings. The molecule has 0 N–H and O–H groups in total. The van der Waals surface area contributed by atoms with Gasteiger partial charge in [-0.25, -0.2) is 0 Å². The van der Waals surface area contributed by atoms with E-state index in [9.17, 15) is 0 Å². The summed E-state index contributed by atoms with van der Waals surface area (Å²) in [7, 11) is 0. The first-order valence-corrected chi connectivity index (χ1v) is 7.90. The molecule has 0 amide bonds. The van der Waals surface area contributed by atoms with Crippen molar-refractivity contribution in [3.8, 4) is 0 Å². The van der Waals surface area contributed by atoms with Crippen molar-refractivity contribution >= 4 is 27.7 Å². The van der Waals surface area contributed by atoms with Crippen LogP contribution in [0.2, 0.25) is 0 Å². The molecule has 3 aliphatic rings. The van der Waals surface area contributed by atoms with Gasteiger partial charge in [-0.3, -0.25) is 0 Å². The van der Waals surface area contributed by atoms with Crippen LogP contribution in [0, 0.1) is 5.92 Å². The van der Waals surface area contributed by atoms with E-state index < -0.39 is 0 Å². The molecule has 86 valence electrons. The zero-order chi connectivity index (χ0) is 11.0. The zero-order valence-corrected chi connectivity index (χ0v) is 11.8. The van der Waals surface area contributed by atoms with Crippen LogP contribution >= 0.6 is 27.7 Å². The maximum absolute atomic E-state index is 3.62. The Morgan fingerprint density at radius 1 is 1.31 bits per heavy atom. The summed E-state index contributed by atoms with van der Waals surface area (Å²) < 4.78 is 1.42. The molecule has 1 heterocycles. The molecule has 0 aromatic heterocycles. The lowest BCUT2D eigenvalue weighted by Crippen LogP contribution is -2.17. The molecule has 2 atom stereocenters. The first-order chi connectivity index (χ1) is 7.83. The minimum absolute atomic E-state index is 0.865. The van der Waals surface area contributed by atoms with Crippen molar-refractivity contribution in [3.63, 3.8) is 0 Å². The fraction of sp³-hybridized carbons (Fsp3) is 0.571. The van der Waals surface area contributed by atoms with Gasteiger partial charge in [0, 0.05) is 5.25 Å². The lowest BCUT2D eigenvalue weighted by atomic mass is 9.88. The lowest BCUT2D eigenvalue weighted by Gasteiger charge is -2.25. The van der Waals surface area contributed by atoms with Crippen LogP contribution in [0.3, 0.4) is 0 Å². The van der Waals surface area contributed by atoms with Crippen LogP contribution < -0.4 is 0 Å². The average Bonchev–Trinajstić information content (AvgIpc) is 2.73. The second-order valence-electron chi connectivity index (χ2n) is 4.94. The maximum atomic E-state index is 3.62. The van der Waals surface area contributed by atoms with E-state index in [1.165, 1.54) is 43.0 Å². The van der Waals surface area contributed by atoms with Gasteiger partial charge in [0.25, 0.3) is 0 Å². The second kappa shape index (κ2) is 4.73. The standard InChI is InChI=1S/C14H17BrS/c15-12-7-5-10(6-8-12)14-9-11-3-1-2-4-13(11)16-14/h1,3,7,10,14H,2,4-6,8-9H2. The zero-order valence-electron chi connectivity index (χ0n) is 9.42. The van der Waals surface area contributed by atoms with Crippen molar-refractivity contribution in [1.82, 2.24) is 0 Å². The van der Waals surface area contributed by atoms with E-state index in [0.717, 1.165) is 11.2 Å². The number of hydrogen-bond acceptors (Lipinski definition) is 1. The van der Waals surface area contributed by atoms with Crippen LogP contribution in [0.4, 0.5) is 0 Å². The van der Waals surface area contributed by atoms with Gasteiger partial charge in [-0.15, -0.1) is 11.8 Å². The number of thioether (sulfide) groups is 1. The van der Waals surface area contributed by atoms with Gasteiger partial charge in [-0.05, 0) is 59.4 Å². The van der Waals surface area contributed by atoms with Crippen LogP contribution in [-0.4, -0.2) is 5.25 Å². The molecule has 0 spiro atoms. The molecule has 1 aliphatic heterocycles. The van der Waals surface area contributed by atoms with E-state index in [2.05, 4.69) is 45.9 Å². The Labute approximate surface area is 110 Å². The Bertz CT molecular complexity index is 378. The van der Waals surface area contributed by atoms with Crippen LogP contribution in [-0.2, 0) is 0 Å². The quantitative estimate of drug-likeness (QED) is 0.643. The summed E-state index contributed by atoms with van der Waals surface area (Å²) in [6.07, 6.45) is 14.9. The fourth-order valence-corrected chi connectivity index (χ4v) is 4.90. The largest absolute Gasteiger partial charge is 0.126 e. The molecule has 0 saturated carbocycles. The average molecular weight is 297 g/mol. The van der Waals surface area contributed by atoms with E-state index in [4.69, 9.17) is 0 Å². The molecule has 2 heteroatoms. The molecule has 0 fully saturated rings. The lowest BCUT2D eigenvalue weighted by molar-refractivity contribution is 0.460. The van der Waals surface area contributed by atoms with Gasteiger partial charge < -0.3 is 0 Å². The van der Waals surface area contributed by atoms with Crippen LogP contribution in [0.5, 0.6) is 0 Å². The molecule has 0 bridgehead atoms. The third kappa shape index (κ3) is 2.19. The molecule has 0 nitrogen and oxygen atoms in total. The number of allylic oxidation sites excluding steroid dienone is 6. The summed E-state index contributed by atoms with van der Waals surface area (Å²) in [6.45, 7) is 0.